The molecule has 0 spiro atoms. The smallest absolute Gasteiger partial charge is 0.246 e. The topological polar surface area (TPSA) is 361 Å². The minimum atomic E-state index is -2.29. The summed E-state index contributed by atoms with van der Waals surface area (Å²) in [6.07, 6.45) is -4.24. The second kappa shape index (κ2) is 20.9. The summed E-state index contributed by atoms with van der Waals surface area (Å²) in [6, 6.07) is -3.18. The number of para-hydroxylation sites is 1. The molecule has 63 heavy (non-hydrogen) atoms. The maximum atomic E-state index is 14.5. The van der Waals surface area contributed by atoms with Gasteiger partial charge >= 0.3 is 0 Å². The van der Waals surface area contributed by atoms with E-state index in [-0.39, 0.29) is 10.6 Å². The number of aromatic amines is 1. The first-order valence-electron chi connectivity index (χ1n) is 20.4. The number of hydrogen-bond donors (Lipinski definition) is 12. The monoisotopic (exact) mass is 902 g/mol. The van der Waals surface area contributed by atoms with Crippen molar-refractivity contribution in [1.82, 2.24) is 47.1 Å². The Labute approximate surface area is 363 Å². The number of benzene rings is 1. The van der Waals surface area contributed by atoms with E-state index in [1.807, 2.05) is 0 Å². The molecule has 2 bridgehead atoms. The van der Waals surface area contributed by atoms with Crippen molar-refractivity contribution in [3.8, 4) is 0 Å². The van der Waals surface area contributed by atoms with Gasteiger partial charge in [-0.25, -0.2) is 0 Å². The molecule has 344 valence electrons. The van der Waals surface area contributed by atoms with Crippen LogP contribution in [-0.4, -0.2) is 163 Å². The highest BCUT2D eigenvalue weighted by molar-refractivity contribution is 7.85. The summed E-state index contributed by atoms with van der Waals surface area (Å²) >= 11 is 0. The van der Waals surface area contributed by atoms with E-state index in [4.69, 9.17) is 5.73 Å². The number of H-pyrrole nitrogens is 1. The number of nitrogens with two attached hydrogens (primary N) is 1. The second-order valence-electron chi connectivity index (χ2n) is 16.0. The fraction of sp³-hybridized carbons (Fsp3) is 0.564. The molecule has 0 unspecified atom stereocenters. The zero-order chi connectivity index (χ0) is 46.3. The number of amides is 9. The lowest BCUT2D eigenvalue weighted by Crippen LogP contribution is -2.62. The van der Waals surface area contributed by atoms with E-state index in [1.54, 1.807) is 38.1 Å². The molecule has 1 aromatic heterocycles. The number of hydrogen-bond acceptors (Lipinski definition) is 13. The summed E-state index contributed by atoms with van der Waals surface area (Å²) in [6.45, 7) is 1.90. The maximum Gasteiger partial charge on any atom is 0.246 e. The Kier molecular flexibility index (Phi) is 16.0. The van der Waals surface area contributed by atoms with Crippen LogP contribution >= 0.6 is 0 Å². The molecule has 11 atom stereocenters. The predicted octanol–water partition coefficient (Wildman–Crippen LogP) is -5.63. The molecule has 1 saturated heterocycles. The molecule has 5 rings (SSSR count). The normalized spacial score (nSPS) is 28.8. The van der Waals surface area contributed by atoms with Gasteiger partial charge in [0.05, 0.1) is 54.9 Å². The van der Waals surface area contributed by atoms with Crippen molar-refractivity contribution >= 4 is 74.9 Å². The average molecular weight is 903 g/mol. The SMILES string of the molecule is CC[C@@H](C)[C@H]1NC(=O)CNC(=O)[C@@H]2Cc3c([nH]c4ccccc34)[S@](=O)C[C@@H](NC(=O)CNC1=O)C(=O)N[C@H](CC(N)=O)C(=O)N1C[C@H](O)C[C@@H]1C(=O)N[C@H]([C@H](C)[C@H](O)CO)C(=O)N2. The van der Waals surface area contributed by atoms with Crippen LogP contribution in [0.2, 0.25) is 0 Å². The van der Waals surface area contributed by atoms with E-state index in [1.165, 1.54) is 6.92 Å². The Bertz CT molecular complexity index is 2150. The summed E-state index contributed by atoms with van der Waals surface area (Å²) in [4.78, 5) is 127. The number of aromatic nitrogens is 1. The van der Waals surface area contributed by atoms with Gasteiger partial charge in [-0.15, -0.1) is 0 Å². The largest absolute Gasteiger partial charge is 0.394 e. The van der Waals surface area contributed by atoms with Crippen molar-refractivity contribution in [1.29, 1.82) is 0 Å². The third-order valence-corrected chi connectivity index (χ3v) is 12.9. The first-order valence-corrected chi connectivity index (χ1v) is 21.7. The molecule has 4 heterocycles. The Morgan fingerprint density at radius 3 is 2.19 bits per heavy atom. The van der Waals surface area contributed by atoms with Crippen molar-refractivity contribution in [3.05, 3.63) is 29.8 Å². The van der Waals surface area contributed by atoms with E-state index in [0.29, 0.717) is 17.3 Å². The molecule has 23 nitrogen and oxygen atoms in total. The maximum absolute atomic E-state index is 14.5. The zero-order valence-corrected chi connectivity index (χ0v) is 35.6. The third-order valence-electron chi connectivity index (χ3n) is 11.5. The number of primary amides is 1. The van der Waals surface area contributed by atoms with Crippen molar-refractivity contribution < 1.29 is 62.7 Å². The molecule has 2 aromatic rings. The molecule has 3 aliphatic heterocycles. The van der Waals surface area contributed by atoms with E-state index in [9.17, 15) is 62.7 Å². The van der Waals surface area contributed by atoms with Gasteiger partial charge < -0.3 is 68.2 Å². The molecular formula is C39H54N10O13S. The van der Waals surface area contributed by atoms with Crippen LogP contribution in [0.25, 0.3) is 10.9 Å². The first-order chi connectivity index (χ1) is 29.8. The Hall–Kier alpha value is -5.98. The van der Waals surface area contributed by atoms with E-state index >= 15 is 0 Å². The Morgan fingerprint density at radius 2 is 1.52 bits per heavy atom. The molecule has 1 fully saturated rings. The van der Waals surface area contributed by atoms with Gasteiger partial charge in [0.1, 0.15) is 41.3 Å². The summed E-state index contributed by atoms with van der Waals surface area (Å²) in [5.74, 6) is -11.4. The van der Waals surface area contributed by atoms with E-state index in [2.05, 4.69) is 42.2 Å². The summed E-state index contributed by atoms with van der Waals surface area (Å²) in [5.41, 5.74) is 6.08. The van der Waals surface area contributed by atoms with Crippen LogP contribution in [0, 0.1) is 11.8 Å². The number of nitrogens with one attached hydrogen (secondary N) is 8. The molecule has 0 saturated carbocycles. The highest BCUT2D eigenvalue weighted by Crippen LogP contribution is 2.28. The van der Waals surface area contributed by atoms with E-state index < -0.39 is 176 Å². The van der Waals surface area contributed by atoms with Gasteiger partial charge in [0, 0.05) is 36.2 Å². The van der Waals surface area contributed by atoms with Crippen molar-refractivity contribution in [2.45, 2.75) is 99.9 Å². The minimum absolute atomic E-state index is 0.0625. The average Bonchev–Trinajstić information content (AvgIpc) is 3.83. The fourth-order valence-corrected chi connectivity index (χ4v) is 9.05. The highest BCUT2D eigenvalue weighted by Gasteiger charge is 2.45. The predicted molar refractivity (Wildman–Crippen MR) is 221 cm³/mol. The number of carbonyl (C=O) groups excluding carboxylic acids is 9. The van der Waals surface area contributed by atoms with Gasteiger partial charge in [-0.05, 0) is 17.5 Å². The zero-order valence-electron chi connectivity index (χ0n) is 34.8. The lowest BCUT2D eigenvalue weighted by Gasteiger charge is -2.32. The Morgan fingerprint density at radius 1 is 0.857 bits per heavy atom. The molecule has 13 N–H and O–H groups in total. The van der Waals surface area contributed by atoms with Gasteiger partial charge in [-0.3, -0.25) is 47.4 Å². The van der Waals surface area contributed by atoms with Crippen molar-refractivity contribution in [2.75, 3.05) is 32.0 Å². The molecule has 9 amide bonds. The fourth-order valence-electron chi connectivity index (χ4n) is 7.66. The third kappa shape index (κ3) is 11.5. The van der Waals surface area contributed by atoms with E-state index in [0.717, 1.165) is 4.90 Å². The van der Waals surface area contributed by atoms with Crippen molar-refractivity contribution in [2.24, 2.45) is 17.6 Å². The second-order valence-corrected chi connectivity index (χ2v) is 17.4. The van der Waals surface area contributed by atoms with Crippen LogP contribution in [-0.2, 0) is 60.4 Å². The van der Waals surface area contributed by atoms with Crippen LogP contribution in [0.3, 0.4) is 0 Å². The summed E-state index contributed by atoms with van der Waals surface area (Å²) in [5, 5.41) is 48.9. The van der Waals surface area contributed by atoms with Crippen LogP contribution in [0.5, 0.6) is 0 Å². The highest BCUT2D eigenvalue weighted by atomic mass is 32.2. The van der Waals surface area contributed by atoms with Crippen molar-refractivity contribution in [3.63, 3.8) is 0 Å². The minimum Gasteiger partial charge on any atom is -0.394 e. The van der Waals surface area contributed by atoms with Gasteiger partial charge in [0.15, 0.2) is 0 Å². The quantitative estimate of drug-likeness (QED) is 0.124. The van der Waals surface area contributed by atoms with Gasteiger partial charge in [0.25, 0.3) is 0 Å². The molecular weight excluding hydrogens is 849 g/mol. The van der Waals surface area contributed by atoms with Crippen LogP contribution in [0.15, 0.2) is 29.3 Å². The lowest BCUT2D eigenvalue weighted by atomic mass is 9.93. The number of aliphatic hydroxyl groups excluding tert-OH is 3. The Balaban J connectivity index is 1.72. The van der Waals surface area contributed by atoms with Gasteiger partial charge in [-0.1, -0.05) is 45.4 Å². The molecule has 24 heteroatoms. The number of nitrogens with zero attached hydrogens (tertiary/aromatic N) is 1. The number of carbonyl (C=O) groups is 9. The van der Waals surface area contributed by atoms with Crippen LogP contribution < -0.4 is 43.0 Å². The first kappa shape index (κ1) is 48.1. The standard InChI is InChI=1S/C39H54N10O13S/c1-4-17(2)31-36(59)42-12-29(54)43-25-16-63(62)38-21(20-7-5-6-8-22(20)46-38)10-23(33(56)41-13-30(55)47-31)44-37(60)32(18(3)27(52)15-50)48-35(58)26-9-19(51)14-49(26)39(61)24(11-28(40)53)45-34(25)57/h5-8,17-19,23-27,31-32,46,50-52H,4,9-16H2,1-3H3,(H2,40,53)(H,41,56)(H,42,59)(H,43,54)(H,44,60)(H,45,57)(H,47,55)(H,48,58)/t17-,18-,19-,23+,24-,25-,26-,27-,31-,32-,63-/m1/s1. The summed E-state index contributed by atoms with van der Waals surface area (Å²) in [7, 11) is -2.29. The molecule has 3 aliphatic rings. The van der Waals surface area contributed by atoms with Gasteiger partial charge in [-0.2, -0.15) is 0 Å². The summed E-state index contributed by atoms with van der Waals surface area (Å²) < 4.78 is 14.5. The number of rotatable bonds is 7. The van der Waals surface area contributed by atoms with Gasteiger partial charge in [0.2, 0.25) is 53.2 Å². The lowest BCUT2D eigenvalue weighted by molar-refractivity contribution is -0.144. The van der Waals surface area contributed by atoms with Crippen LogP contribution in [0.1, 0.15) is 45.6 Å². The molecule has 0 aliphatic carbocycles. The number of aliphatic hydroxyl groups is 3. The molecule has 0 radical (unpaired) electrons. The number of fused-ring (bicyclic) bond motifs is 5. The molecule has 1 aromatic carbocycles. The van der Waals surface area contributed by atoms with Crippen LogP contribution in [0.4, 0.5) is 0 Å².